The Hall–Kier alpha value is 0.970. The zero-order valence-electron chi connectivity index (χ0n) is 21.7. The van der Waals surface area contributed by atoms with Gasteiger partial charge in [-0.1, -0.05) is 40.5 Å². The van der Waals surface area contributed by atoms with E-state index in [1.165, 1.54) is 60.8 Å². The van der Waals surface area contributed by atoms with Crippen LogP contribution in [0.1, 0.15) is 86.0 Å². The SMILES string of the molecule is CC(=NC1C(C)CCCC1C)C(CCCO[Si](C)(C)C)=NC1C(C)CCCC1C.[Br][Ni][Br]. The Bertz CT molecular complexity index is 577. The molecule has 4 atom stereocenters. The van der Waals surface area contributed by atoms with Gasteiger partial charge in [-0.05, 0) is 88.8 Å². The number of hydrogen-bond acceptors (Lipinski definition) is 3. The van der Waals surface area contributed by atoms with E-state index in [0.29, 0.717) is 35.8 Å². The van der Waals surface area contributed by atoms with Crippen molar-refractivity contribution in [2.75, 3.05) is 6.61 Å². The first-order valence-corrected chi connectivity index (χ1v) is 20.9. The molecule has 0 bridgehead atoms. The summed E-state index contributed by atoms with van der Waals surface area (Å²) in [6.45, 7) is 19.5. The van der Waals surface area contributed by atoms with Gasteiger partial charge in [-0.2, -0.15) is 0 Å². The molecule has 0 amide bonds. The molecular weight excluding hydrogens is 591 g/mol. The topological polar surface area (TPSA) is 34.0 Å². The molecule has 4 unspecified atom stereocenters. The molecule has 192 valence electrons. The van der Waals surface area contributed by atoms with Crippen molar-refractivity contribution in [3.05, 3.63) is 0 Å². The van der Waals surface area contributed by atoms with E-state index in [0.717, 1.165) is 19.4 Å². The molecule has 0 aromatic heterocycles. The molecule has 2 fully saturated rings. The van der Waals surface area contributed by atoms with Crippen LogP contribution in [0.4, 0.5) is 0 Å². The monoisotopic (exact) mass is 636 g/mol. The quantitative estimate of drug-likeness (QED) is 0.149. The molecule has 32 heavy (non-hydrogen) atoms. The van der Waals surface area contributed by atoms with E-state index in [2.05, 4.69) is 82.7 Å². The summed E-state index contributed by atoms with van der Waals surface area (Å²) in [7, 11) is -0.194. The fourth-order valence-corrected chi connectivity index (χ4v) is 6.03. The Labute approximate surface area is 220 Å². The van der Waals surface area contributed by atoms with Crippen LogP contribution in [0.3, 0.4) is 0 Å². The van der Waals surface area contributed by atoms with Crippen molar-refractivity contribution in [3.63, 3.8) is 0 Å². The number of nitrogens with zero attached hydrogens (tertiary/aromatic N) is 2. The van der Waals surface area contributed by atoms with Crippen LogP contribution in [0, 0.1) is 23.7 Å². The van der Waals surface area contributed by atoms with Gasteiger partial charge in [0, 0.05) is 6.61 Å². The first kappa shape index (κ1) is 31.0. The predicted molar refractivity (Wildman–Crippen MR) is 149 cm³/mol. The van der Waals surface area contributed by atoms with Crippen LogP contribution < -0.4 is 0 Å². The second-order valence-corrected chi connectivity index (χ2v) is 20.6. The Morgan fingerprint density at radius 1 is 0.844 bits per heavy atom. The zero-order valence-corrected chi connectivity index (χ0v) is 26.9. The molecule has 0 heterocycles. The van der Waals surface area contributed by atoms with E-state index in [1.54, 1.807) is 0 Å². The predicted octanol–water partition coefficient (Wildman–Crippen LogP) is 8.86. The molecule has 0 N–H and O–H groups in total. The summed E-state index contributed by atoms with van der Waals surface area (Å²) >= 11 is 6.00. The van der Waals surface area contributed by atoms with E-state index in [9.17, 15) is 0 Å². The van der Waals surface area contributed by atoms with Crippen molar-refractivity contribution >= 4 is 48.2 Å². The molecule has 0 aliphatic heterocycles. The summed E-state index contributed by atoms with van der Waals surface area (Å²) in [4.78, 5) is 10.7. The molecule has 2 aliphatic rings. The standard InChI is InChI=1S/C25H48N2OSi.2BrH.Ni/c1-18-12-9-13-19(2)24(18)26-22(5)23(16-11-17-28-29(6,7)8)27-25-20(3)14-10-15-21(25)4;;;/h18-21,24-25H,9-17H2,1-8H3;2*1H;/q;;;+2/p-2. The molecular formula is C25H48Br2N2NiOSi. The number of halogens is 2. The first-order chi connectivity index (χ1) is 15.0. The summed E-state index contributed by atoms with van der Waals surface area (Å²) in [5.41, 5.74) is 2.47. The molecule has 7 heteroatoms. The molecule has 3 nitrogen and oxygen atoms in total. The van der Waals surface area contributed by atoms with Gasteiger partial charge in [-0.25, -0.2) is 0 Å². The van der Waals surface area contributed by atoms with Gasteiger partial charge in [0.05, 0.1) is 23.5 Å². The van der Waals surface area contributed by atoms with E-state index >= 15 is 0 Å². The second kappa shape index (κ2) is 15.9. The van der Waals surface area contributed by atoms with Crippen LogP contribution in [0.5, 0.6) is 0 Å². The van der Waals surface area contributed by atoms with Crippen molar-refractivity contribution in [2.24, 2.45) is 33.7 Å². The molecule has 0 saturated heterocycles. The minimum absolute atomic E-state index is 0.461. The van der Waals surface area contributed by atoms with Gasteiger partial charge in [0.2, 0.25) is 0 Å². The van der Waals surface area contributed by atoms with Crippen molar-refractivity contribution in [1.82, 2.24) is 0 Å². The zero-order chi connectivity index (χ0) is 24.3. The first-order valence-electron chi connectivity index (χ1n) is 12.6. The molecule has 2 saturated carbocycles. The summed E-state index contributed by atoms with van der Waals surface area (Å²) in [5.74, 6) is 2.76. The molecule has 0 spiro atoms. The third-order valence-corrected chi connectivity index (χ3v) is 8.20. The van der Waals surface area contributed by atoms with Gasteiger partial charge < -0.3 is 4.43 Å². The minimum atomic E-state index is -1.44. The molecule has 0 aromatic carbocycles. The second-order valence-electron chi connectivity index (χ2n) is 11.2. The summed E-state index contributed by atoms with van der Waals surface area (Å²) in [5, 5.41) is 0. The third kappa shape index (κ3) is 11.6. The van der Waals surface area contributed by atoms with Gasteiger partial charge in [0.15, 0.2) is 8.32 Å². The van der Waals surface area contributed by atoms with Crippen molar-refractivity contribution in [1.29, 1.82) is 0 Å². The van der Waals surface area contributed by atoms with Crippen LogP contribution in [-0.2, 0) is 15.3 Å². The van der Waals surface area contributed by atoms with Gasteiger partial charge >= 0.3 is 39.3 Å². The van der Waals surface area contributed by atoms with Crippen molar-refractivity contribution in [3.8, 4) is 0 Å². The van der Waals surface area contributed by atoms with Gasteiger partial charge in [0.25, 0.3) is 0 Å². The molecule has 2 aliphatic carbocycles. The van der Waals surface area contributed by atoms with Crippen LogP contribution in [0.2, 0.25) is 19.6 Å². The van der Waals surface area contributed by atoms with Crippen LogP contribution >= 0.6 is 28.5 Å². The Morgan fingerprint density at radius 3 is 1.66 bits per heavy atom. The van der Waals surface area contributed by atoms with E-state index in [4.69, 9.17) is 14.4 Å². The molecule has 0 aromatic rings. The van der Waals surface area contributed by atoms with Gasteiger partial charge in [0.1, 0.15) is 0 Å². The maximum absolute atomic E-state index is 6.12. The van der Waals surface area contributed by atoms with Crippen molar-refractivity contribution < 1.29 is 15.3 Å². The summed E-state index contributed by atoms with van der Waals surface area (Å²) in [6, 6.07) is 0.927. The van der Waals surface area contributed by atoms with Crippen molar-refractivity contribution in [2.45, 2.75) is 118 Å². The Morgan fingerprint density at radius 2 is 1.25 bits per heavy atom. The van der Waals surface area contributed by atoms with Crippen LogP contribution in [0.25, 0.3) is 0 Å². The maximum atomic E-state index is 6.12. The summed E-state index contributed by atoms with van der Waals surface area (Å²) < 4.78 is 6.12. The van der Waals surface area contributed by atoms with E-state index in [-0.39, 0.29) is 0 Å². The van der Waals surface area contributed by atoms with E-state index in [1.807, 2.05) is 0 Å². The molecule has 2 rings (SSSR count). The van der Waals surface area contributed by atoms with E-state index < -0.39 is 8.32 Å². The normalized spacial score (nSPS) is 32.4. The fourth-order valence-electron chi connectivity index (χ4n) is 5.27. The van der Waals surface area contributed by atoms with Crippen LogP contribution in [-0.4, -0.2) is 38.4 Å². The Balaban J connectivity index is 0.00000161. The molecule has 0 radical (unpaired) electrons. The van der Waals surface area contributed by atoms with Gasteiger partial charge in [-0.15, -0.1) is 0 Å². The Kier molecular flexibility index (Phi) is 15.4. The fraction of sp³-hybridized carbons (Fsp3) is 0.920. The van der Waals surface area contributed by atoms with Gasteiger partial charge in [-0.3, -0.25) is 9.98 Å². The average molecular weight is 639 g/mol. The number of rotatable bonds is 8. The third-order valence-electron chi connectivity index (χ3n) is 7.13. The number of aliphatic imine (C=N–C) groups is 2. The van der Waals surface area contributed by atoms with Crippen LogP contribution in [0.15, 0.2) is 9.98 Å². The average Bonchev–Trinajstić information content (AvgIpc) is 2.69. The number of hydrogen-bond donors (Lipinski definition) is 0. The summed E-state index contributed by atoms with van der Waals surface area (Å²) in [6.07, 6.45) is 10.1.